The van der Waals surface area contributed by atoms with Gasteiger partial charge in [0, 0.05) is 6.54 Å². The molecule has 0 aliphatic rings. The third-order valence-electron chi connectivity index (χ3n) is 3.53. The minimum atomic E-state index is -0.140. The van der Waals surface area contributed by atoms with Crippen molar-refractivity contribution in [3.8, 4) is 17.7 Å². The second-order valence-electron chi connectivity index (χ2n) is 5.40. The zero-order chi connectivity index (χ0) is 18.2. The smallest absolute Gasteiger partial charge is 0.230 e. The minimum absolute atomic E-state index is 0.140. The van der Waals surface area contributed by atoms with Crippen LogP contribution in [0.3, 0.4) is 0 Å². The first-order chi connectivity index (χ1) is 12.8. The molecule has 0 aliphatic carbocycles. The number of aromatic nitrogens is 3. The summed E-state index contributed by atoms with van der Waals surface area (Å²) in [4.78, 5) is 11.9. The third kappa shape index (κ3) is 4.52. The summed E-state index contributed by atoms with van der Waals surface area (Å²) in [5.74, 6) is 1.31. The van der Waals surface area contributed by atoms with Crippen molar-refractivity contribution in [1.82, 2.24) is 20.1 Å². The Morgan fingerprint density at radius 1 is 1.23 bits per heavy atom. The summed E-state index contributed by atoms with van der Waals surface area (Å²) >= 11 is 1.30. The van der Waals surface area contributed by atoms with Gasteiger partial charge >= 0.3 is 0 Å². The van der Waals surface area contributed by atoms with Gasteiger partial charge in [-0.1, -0.05) is 42.1 Å². The van der Waals surface area contributed by atoms with Crippen LogP contribution >= 0.6 is 11.8 Å². The molecule has 7 nitrogen and oxygen atoms in total. The number of amides is 1. The summed E-state index contributed by atoms with van der Waals surface area (Å²) in [6.45, 7) is 0.923. The predicted octanol–water partition coefficient (Wildman–Crippen LogP) is 2.71. The second kappa shape index (κ2) is 8.87. The average Bonchev–Trinajstić information content (AvgIpc) is 3.31. The molecule has 1 aromatic carbocycles. The molecule has 0 fully saturated rings. The standard InChI is InChI=1S/C18H17N5O2S/c19-9-5-10-20-16(24)13-26-18-22-21-17(15-8-4-11-25-15)23(18)12-14-6-2-1-3-7-14/h1-4,6-8,11H,5,10,12-13H2,(H,20,24). The first kappa shape index (κ1) is 17.8. The van der Waals surface area contributed by atoms with Gasteiger partial charge in [-0.2, -0.15) is 5.26 Å². The first-order valence-corrected chi connectivity index (χ1v) is 9.04. The van der Waals surface area contributed by atoms with Gasteiger partial charge in [-0.25, -0.2) is 0 Å². The Hall–Kier alpha value is -3.05. The molecule has 26 heavy (non-hydrogen) atoms. The Balaban J connectivity index is 1.77. The molecule has 8 heteroatoms. The zero-order valence-electron chi connectivity index (χ0n) is 14.0. The predicted molar refractivity (Wildman–Crippen MR) is 97.2 cm³/mol. The van der Waals surface area contributed by atoms with Gasteiger partial charge in [0.2, 0.25) is 11.7 Å². The van der Waals surface area contributed by atoms with Crippen molar-refractivity contribution in [1.29, 1.82) is 5.26 Å². The monoisotopic (exact) mass is 367 g/mol. The van der Waals surface area contributed by atoms with E-state index in [4.69, 9.17) is 9.68 Å². The van der Waals surface area contributed by atoms with Gasteiger partial charge in [0.25, 0.3) is 0 Å². The van der Waals surface area contributed by atoms with E-state index in [1.807, 2.05) is 47.0 Å². The van der Waals surface area contributed by atoms with Crippen LogP contribution < -0.4 is 5.32 Å². The molecule has 0 spiro atoms. The summed E-state index contributed by atoms with van der Waals surface area (Å²) in [6, 6.07) is 15.6. The molecule has 2 aromatic heterocycles. The number of carbonyl (C=O) groups excluding carboxylic acids is 1. The molecule has 132 valence electrons. The first-order valence-electron chi connectivity index (χ1n) is 8.05. The zero-order valence-corrected chi connectivity index (χ0v) is 14.8. The number of nitrogens with zero attached hydrogens (tertiary/aromatic N) is 4. The molecular weight excluding hydrogens is 350 g/mol. The van der Waals surface area contributed by atoms with Crippen LogP contribution in [0.25, 0.3) is 11.6 Å². The van der Waals surface area contributed by atoms with Crippen molar-refractivity contribution in [2.75, 3.05) is 12.3 Å². The molecule has 0 unspecified atom stereocenters. The highest BCUT2D eigenvalue weighted by atomic mass is 32.2. The summed E-state index contributed by atoms with van der Waals surface area (Å²) in [7, 11) is 0. The van der Waals surface area contributed by atoms with Crippen molar-refractivity contribution in [3.05, 3.63) is 54.3 Å². The van der Waals surface area contributed by atoms with Crippen LogP contribution in [-0.4, -0.2) is 33.0 Å². The molecule has 0 saturated carbocycles. The van der Waals surface area contributed by atoms with E-state index >= 15 is 0 Å². The number of nitriles is 1. The Morgan fingerprint density at radius 2 is 2.08 bits per heavy atom. The summed E-state index contributed by atoms with van der Waals surface area (Å²) in [5, 5.41) is 20.3. The van der Waals surface area contributed by atoms with E-state index in [0.717, 1.165) is 5.56 Å². The van der Waals surface area contributed by atoms with Gasteiger partial charge in [0.05, 0.1) is 31.1 Å². The molecule has 3 aromatic rings. The molecule has 0 bridgehead atoms. The van der Waals surface area contributed by atoms with E-state index in [1.165, 1.54) is 11.8 Å². The lowest BCUT2D eigenvalue weighted by molar-refractivity contribution is -0.118. The lowest BCUT2D eigenvalue weighted by Gasteiger charge is -2.09. The summed E-state index contributed by atoms with van der Waals surface area (Å²) in [5.41, 5.74) is 1.10. The number of hydrogen-bond donors (Lipinski definition) is 1. The van der Waals surface area contributed by atoms with Crippen LogP contribution in [-0.2, 0) is 11.3 Å². The highest BCUT2D eigenvalue weighted by molar-refractivity contribution is 7.99. The molecule has 0 atom stereocenters. The van der Waals surface area contributed by atoms with Gasteiger partial charge in [-0.3, -0.25) is 9.36 Å². The van der Waals surface area contributed by atoms with Crippen LogP contribution in [0.2, 0.25) is 0 Å². The molecule has 1 N–H and O–H groups in total. The third-order valence-corrected chi connectivity index (χ3v) is 4.50. The quantitative estimate of drug-likeness (QED) is 0.486. The van der Waals surface area contributed by atoms with Crippen molar-refractivity contribution in [2.24, 2.45) is 0 Å². The van der Waals surface area contributed by atoms with Crippen molar-refractivity contribution in [3.63, 3.8) is 0 Å². The Labute approximate surface area is 155 Å². The van der Waals surface area contributed by atoms with E-state index in [-0.39, 0.29) is 11.7 Å². The van der Waals surface area contributed by atoms with Crippen molar-refractivity contribution < 1.29 is 9.21 Å². The molecule has 3 rings (SSSR count). The maximum Gasteiger partial charge on any atom is 0.230 e. The van der Waals surface area contributed by atoms with Gasteiger partial charge < -0.3 is 9.73 Å². The lowest BCUT2D eigenvalue weighted by Crippen LogP contribution is -2.26. The molecule has 0 radical (unpaired) electrons. The van der Waals surface area contributed by atoms with Crippen molar-refractivity contribution >= 4 is 17.7 Å². The van der Waals surface area contributed by atoms with Gasteiger partial charge in [0.15, 0.2) is 10.9 Å². The van der Waals surface area contributed by atoms with Crippen LogP contribution in [0.5, 0.6) is 0 Å². The summed E-state index contributed by atoms with van der Waals surface area (Å²) in [6.07, 6.45) is 1.88. The maximum absolute atomic E-state index is 11.9. The normalized spacial score (nSPS) is 10.4. The van der Waals surface area contributed by atoms with E-state index in [0.29, 0.717) is 36.3 Å². The van der Waals surface area contributed by atoms with Crippen LogP contribution in [0.15, 0.2) is 58.3 Å². The lowest BCUT2D eigenvalue weighted by atomic mass is 10.2. The van der Waals surface area contributed by atoms with Crippen LogP contribution in [0.1, 0.15) is 12.0 Å². The van der Waals surface area contributed by atoms with E-state index < -0.39 is 0 Å². The number of hydrogen-bond acceptors (Lipinski definition) is 6. The minimum Gasteiger partial charge on any atom is -0.461 e. The molecule has 1 amide bonds. The topological polar surface area (TPSA) is 96.7 Å². The van der Waals surface area contributed by atoms with E-state index in [9.17, 15) is 4.79 Å². The highest BCUT2D eigenvalue weighted by Gasteiger charge is 2.17. The molecule has 2 heterocycles. The van der Waals surface area contributed by atoms with E-state index in [2.05, 4.69) is 15.5 Å². The van der Waals surface area contributed by atoms with Crippen LogP contribution in [0.4, 0.5) is 0 Å². The molecule has 0 saturated heterocycles. The fourth-order valence-corrected chi connectivity index (χ4v) is 3.10. The SMILES string of the molecule is N#CCCNC(=O)CSc1nnc(-c2ccco2)n1Cc1ccccc1. The molecule has 0 aliphatic heterocycles. The maximum atomic E-state index is 11.9. The Morgan fingerprint density at radius 3 is 2.81 bits per heavy atom. The van der Waals surface area contributed by atoms with Gasteiger partial charge in [0.1, 0.15) is 0 Å². The Bertz CT molecular complexity index is 884. The number of nitrogens with one attached hydrogen (secondary N) is 1. The second-order valence-corrected chi connectivity index (χ2v) is 6.34. The number of furan rings is 1. The van der Waals surface area contributed by atoms with E-state index in [1.54, 1.807) is 12.3 Å². The number of benzene rings is 1. The van der Waals surface area contributed by atoms with Crippen molar-refractivity contribution in [2.45, 2.75) is 18.1 Å². The number of carbonyl (C=O) groups is 1. The fourth-order valence-electron chi connectivity index (χ4n) is 2.33. The average molecular weight is 367 g/mol. The largest absolute Gasteiger partial charge is 0.461 e. The molecular formula is C18H17N5O2S. The number of rotatable bonds is 8. The van der Waals surface area contributed by atoms with Crippen LogP contribution in [0, 0.1) is 11.3 Å². The van der Waals surface area contributed by atoms with Gasteiger partial charge in [-0.15, -0.1) is 10.2 Å². The summed E-state index contributed by atoms with van der Waals surface area (Å²) < 4.78 is 7.39. The fraction of sp³-hybridized carbons (Fsp3) is 0.222. The van der Waals surface area contributed by atoms with Gasteiger partial charge in [-0.05, 0) is 17.7 Å². The highest BCUT2D eigenvalue weighted by Crippen LogP contribution is 2.25. The Kier molecular flexibility index (Phi) is 6.06. The number of thioether (sulfide) groups is 1.